The van der Waals surface area contributed by atoms with Crippen LogP contribution in [0, 0.1) is 20.8 Å². The van der Waals surface area contributed by atoms with Gasteiger partial charge in [-0.05, 0) is 50.1 Å². The van der Waals surface area contributed by atoms with Crippen molar-refractivity contribution in [1.29, 1.82) is 0 Å². The maximum Gasteiger partial charge on any atom is 0.161 e. The molecule has 3 rings (SSSR count). The molecule has 1 aromatic heterocycles. The number of ether oxygens (including phenoxy) is 3. The van der Waals surface area contributed by atoms with Crippen LogP contribution in [-0.4, -0.2) is 54.6 Å². The first kappa shape index (κ1) is 21.0. The summed E-state index contributed by atoms with van der Waals surface area (Å²) in [6, 6.07) is 9.69. The molecule has 3 aromatic rings. The van der Waals surface area contributed by atoms with Gasteiger partial charge in [0.25, 0.3) is 0 Å². The first-order chi connectivity index (χ1) is 14.0. The fourth-order valence-electron chi connectivity index (χ4n) is 3.08. The second-order valence-corrected chi connectivity index (χ2v) is 7.10. The van der Waals surface area contributed by atoms with Crippen LogP contribution in [0.5, 0.6) is 17.2 Å². The molecule has 0 aliphatic heterocycles. The van der Waals surface area contributed by atoms with E-state index in [0.717, 1.165) is 33.7 Å². The fourth-order valence-corrected chi connectivity index (χ4v) is 3.08. The van der Waals surface area contributed by atoms with E-state index in [1.54, 1.807) is 7.11 Å². The molecule has 156 valence electrons. The third-order valence-corrected chi connectivity index (χ3v) is 4.59. The molecule has 0 bridgehead atoms. The molecule has 0 radical (unpaired) electrons. The number of fused-ring (bicyclic) bond motifs is 1. The summed E-state index contributed by atoms with van der Waals surface area (Å²) in [7, 11) is 1.63. The number of rotatable bonds is 10. The van der Waals surface area contributed by atoms with Gasteiger partial charge in [0.1, 0.15) is 36.4 Å². The number of aliphatic hydroxyl groups excluding tert-OH is 1. The minimum Gasteiger partial charge on any atom is -0.493 e. The molecule has 0 saturated carbocycles. The lowest BCUT2D eigenvalue weighted by Gasteiger charge is -2.15. The van der Waals surface area contributed by atoms with Crippen molar-refractivity contribution in [3.63, 3.8) is 0 Å². The Bertz CT molecular complexity index is 955. The van der Waals surface area contributed by atoms with Crippen molar-refractivity contribution >= 4 is 11.0 Å². The van der Waals surface area contributed by atoms with Gasteiger partial charge in [0, 0.05) is 13.1 Å². The quantitative estimate of drug-likeness (QED) is 0.454. The van der Waals surface area contributed by atoms with Crippen LogP contribution in [0.2, 0.25) is 0 Å². The number of benzene rings is 2. The van der Waals surface area contributed by atoms with Crippen molar-refractivity contribution in [3.05, 3.63) is 47.3 Å². The van der Waals surface area contributed by atoms with Gasteiger partial charge in [-0.2, -0.15) is 0 Å². The van der Waals surface area contributed by atoms with Crippen LogP contribution in [0.3, 0.4) is 0 Å². The molecule has 2 aromatic carbocycles. The summed E-state index contributed by atoms with van der Waals surface area (Å²) >= 11 is 0. The molecule has 0 saturated heterocycles. The Morgan fingerprint density at radius 3 is 2.66 bits per heavy atom. The van der Waals surface area contributed by atoms with E-state index in [4.69, 9.17) is 14.2 Å². The second kappa shape index (κ2) is 9.62. The van der Waals surface area contributed by atoms with Crippen LogP contribution < -0.4 is 19.5 Å². The van der Waals surface area contributed by atoms with E-state index in [1.165, 1.54) is 0 Å². The Labute approximate surface area is 171 Å². The molecular weight excluding hydrogens is 370 g/mol. The van der Waals surface area contributed by atoms with Crippen molar-refractivity contribution in [1.82, 2.24) is 15.3 Å². The maximum atomic E-state index is 10.2. The van der Waals surface area contributed by atoms with Crippen LogP contribution in [0.15, 0.2) is 30.3 Å². The monoisotopic (exact) mass is 399 g/mol. The highest BCUT2D eigenvalue weighted by Gasteiger charge is 2.11. The average Bonchev–Trinajstić information content (AvgIpc) is 3.10. The van der Waals surface area contributed by atoms with Crippen molar-refractivity contribution in [2.75, 3.05) is 33.4 Å². The maximum absolute atomic E-state index is 10.2. The molecule has 7 heteroatoms. The highest BCUT2D eigenvalue weighted by atomic mass is 16.5. The molecule has 0 aliphatic carbocycles. The topological polar surface area (TPSA) is 88.6 Å². The zero-order chi connectivity index (χ0) is 20.8. The van der Waals surface area contributed by atoms with Crippen molar-refractivity contribution in [2.24, 2.45) is 0 Å². The molecule has 1 atom stereocenters. The molecule has 3 N–H and O–H groups in total. The highest BCUT2D eigenvalue weighted by Crippen LogP contribution is 2.28. The number of imidazole rings is 1. The summed E-state index contributed by atoms with van der Waals surface area (Å²) in [5, 5.41) is 13.4. The van der Waals surface area contributed by atoms with Gasteiger partial charge in [0.05, 0.1) is 12.6 Å². The Morgan fingerprint density at radius 1 is 1.07 bits per heavy atom. The predicted octanol–water partition coefficient (Wildman–Crippen LogP) is 2.91. The Balaban J connectivity index is 1.41. The average molecular weight is 399 g/mol. The van der Waals surface area contributed by atoms with E-state index in [1.807, 2.05) is 51.1 Å². The van der Waals surface area contributed by atoms with Crippen LogP contribution >= 0.6 is 0 Å². The molecule has 1 unspecified atom stereocenters. The molecule has 0 amide bonds. The predicted molar refractivity (Wildman–Crippen MR) is 113 cm³/mol. The first-order valence-corrected chi connectivity index (χ1v) is 9.73. The molecule has 0 spiro atoms. The minimum atomic E-state index is -0.635. The highest BCUT2D eigenvalue weighted by molar-refractivity contribution is 5.84. The summed E-state index contributed by atoms with van der Waals surface area (Å²) in [6.07, 6.45) is -0.635. The Morgan fingerprint density at radius 2 is 1.86 bits per heavy atom. The van der Waals surface area contributed by atoms with E-state index in [2.05, 4.69) is 15.3 Å². The van der Waals surface area contributed by atoms with Gasteiger partial charge in [-0.15, -0.1) is 0 Å². The van der Waals surface area contributed by atoms with Gasteiger partial charge in [0.2, 0.25) is 0 Å². The molecule has 7 nitrogen and oxygen atoms in total. The number of aliphatic hydroxyl groups is 1. The van der Waals surface area contributed by atoms with Gasteiger partial charge in [-0.25, -0.2) is 4.98 Å². The van der Waals surface area contributed by atoms with E-state index in [9.17, 15) is 5.11 Å². The smallest absolute Gasteiger partial charge is 0.161 e. The third-order valence-electron chi connectivity index (χ3n) is 4.59. The zero-order valence-corrected chi connectivity index (χ0v) is 17.4. The largest absolute Gasteiger partial charge is 0.493 e. The number of nitrogens with zero attached hydrogens (tertiary/aromatic N) is 1. The second-order valence-electron chi connectivity index (χ2n) is 7.10. The van der Waals surface area contributed by atoms with Crippen molar-refractivity contribution in [3.8, 4) is 17.2 Å². The van der Waals surface area contributed by atoms with Crippen molar-refractivity contribution < 1.29 is 19.3 Å². The number of aromatic nitrogens is 2. The number of aryl methyl sites for hydroxylation is 3. The Kier molecular flexibility index (Phi) is 6.95. The summed E-state index contributed by atoms with van der Waals surface area (Å²) in [4.78, 5) is 7.70. The zero-order valence-electron chi connectivity index (χ0n) is 17.4. The summed E-state index contributed by atoms with van der Waals surface area (Å²) in [5.41, 5.74) is 3.97. The van der Waals surface area contributed by atoms with Crippen LogP contribution in [0.1, 0.15) is 17.0 Å². The van der Waals surface area contributed by atoms with Crippen LogP contribution in [0.4, 0.5) is 0 Å². The van der Waals surface area contributed by atoms with Crippen LogP contribution in [0.25, 0.3) is 11.0 Å². The molecule has 1 heterocycles. The number of hydrogen-bond donors (Lipinski definition) is 3. The fraction of sp³-hybridized carbons (Fsp3) is 0.409. The molecule has 29 heavy (non-hydrogen) atoms. The van der Waals surface area contributed by atoms with E-state index < -0.39 is 6.10 Å². The summed E-state index contributed by atoms with van der Waals surface area (Å²) < 4.78 is 16.9. The van der Waals surface area contributed by atoms with Crippen LogP contribution in [-0.2, 0) is 0 Å². The number of nitrogens with one attached hydrogen (secondary N) is 2. The van der Waals surface area contributed by atoms with Gasteiger partial charge >= 0.3 is 0 Å². The van der Waals surface area contributed by atoms with E-state index in [0.29, 0.717) is 31.2 Å². The lowest BCUT2D eigenvalue weighted by molar-refractivity contribution is 0.106. The molecular formula is C22H29N3O4. The molecule has 0 fully saturated rings. The number of H-pyrrole nitrogens is 1. The lowest BCUT2D eigenvalue weighted by atomic mass is 10.2. The van der Waals surface area contributed by atoms with Crippen molar-refractivity contribution in [2.45, 2.75) is 26.9 Å². The van der Waals surface area contributed by atoms with Gasteiger partial charge < -0.3 is 29.6 Å². The van der Waals surface area contributed by atoms with E-state index in [-0.39, 0.29) is 6.61 Å². The van der Waals surface area contributed by atoms with E-state index >= 15 is 0 Å². The summed E-state index contributed by atoms with van der Waals surface area (Å²) in [6.45, 7) is 7.60. The van der Waals surface area contributed by atoms with Gasteiger partial charge in [0.15, 0.2) is 11.5 Å². The number of methoxy groups -OCH3 is 1. The normalized spacial score (nSPS) is 12.2. The van der Waals surface area contributed by atoms with Gasteiger partial charge in [-0.3, -0.25) is 0 Å². The molecule has 0 aliphatic rings. The number of aromatic amines is 1. The Hall–Kier alpha value is -2.77. The summed E-state index contributed by atoms with van der Waals surface area (Å²) in [5.74, 6) is 2.96. The first-order valence-electron chi connectivity index (χ1n) is 9.73. The lowest BCUT2D eigenvalue weighted by Crippen LogP contribution is -2.33. The van der Waals surface area contributed by atoms with Gasteiger partial charge in [-0.1, -0.05) is 12.1 Å². The SMILES string of the molecule is COc1cc(C)ccc1OCCNCC(O)COc1ccc(C)c2nc(C)[nH]c12. The third kappa shape index (κ3) is 5.40. The minimum absolute atomic E-state index is 0.190. The standard InChI is InChI=1S/C22H29N3O4/c1-14-5-7-18(20(11-14)27-4)28-10-9-23-12-17(26)13-29-19-8-6-15(2)21-22(19)25-16(3)24-21/h5-8,11,17,23,26H,9-10,12-13H2,1-4H3,(H,24,25). The number of hydrogen-bond acceptors (Lipinski definition) is 6.